The molecule has 0 aliphatic heterocycles. The molecule has 110 valence electrons. The zero-order chi connectivity index (χ0) is 14.8. The predicted octanol–water partition coefficient (Wildman–Crippen LogP) is -0.696. The van der Waals surface area contributed by atoms with E-state index in [1.165, 1.54) is 0 Å². The minimum absolute atomic E-state index is 0.132. The van der Waals surface area contributed by atoms with Gasteiger partial charge >= 0.3 is 0 Å². The van der Waals surface area contributed by atoms with E-state index in [2.05, 4.69) is 0 Å². The number of hydrogen-bond acceptors (Lipinski definition) is 5. The van der Waals surface area contributed by atoms with Crippen LogP contribution in [0.3, 0.4) is 0 Å². The van der Waals surface area contributed by atoms with Crippen molar-refractivity contribution < 1.29 is 24.9 Å². The number of aliphatic hydroxyl groups excluding tert-OH is 3. The summed E-state index contributed by atoms with van der Waals surface area (Å²) in [5, 5.41) is 29.0. The van der Waals surface area contributed by atoms with Crippen LogP contribution >= 0.6 is 0 Å². The molecule has 1 fully saturated rings. The van der Waals surface area contributed by atoms with Crippen LogP contribution in [0.25, 0.3) is 0 Å². The van der Waals surface area contributed by atoms with Crippen molar-refractivity contribution in [3.05, 3.63) is 35.9 Å². The molecule has 6 nitrogen and oxygen atoms in total. The molecule has 0 saturated heterocycles. The van der Waals surface area contributed by atoms with Gasteiger partial charge in [0.15, 0.2) is 5.60 Å². The topological polar surface area (TPSA) is 113 Å². The van der Waals surface area contributed by atoms with Crippen molar-refractivity contribution in [2.45, 2.75) is 43.4 Å². The highest BCUT2D eigenvalue weighted by Crippen LogP contribution is 2.33. The maximum atomic E-state index is 11.7. The second-order valence-electron chi connectivity index (χ2n) is 5.17. The predicted molar refractivity (Wildman–Crippen MR) is 70.4 cm³/mol. The number of primary amides is 1. The molecule has 1 aromatic rings. The fourth-order valence-electron chi connectivity index (χ4n) is 2.44. The minimum atomic E-state index is -1.46. The van der Waals surface area contributed by atoms with Crippen molar-refractivity contribution in [1.82, 2.24) is 0 Å². The molecule has 2 rings (SSSR count). The van der Waals surface area contributed by atoms with Gasteiger partial charge < -0.3 is 25.8 Å². The van der Waals surface area contributed by atoms with Crippen LogP contribution in [-0.4, -0.2) is 45.1 Å². The molecule has 0 heterocycles. The summed E-state index contributed by atoms with van der Waals surface area (Å²) in [7, 11) is 0. The molecular formula is C14H19NO5. The molecular weight excluding hydrogens is 262 g/mol. The summed E-state index contributed by atoms with van der Waals surface area (Å²) < 4.78 is 5.60. The van der Waals surface area contributed by atoms with Crippen molar-refractivity contribution in [3.63, 3.8) is 0 Å². The molecule has 1 amide bonds. The van der Waals surface area contributed by atoms with Crippen molar-refractivity contribution in [2.24, 2.45) is 5.73 Å². The van der Waals surface area contributed by atoms with Crippen molar-refractivity contribution in [2.75, 3.05) is 0 Å². The van der Waals surface area contributed by atoms with Crippen molar-refractivity contribution in [3.8, 4) is 0 Å². The highest BCUT2D eigenvalue weighted by atomic mass is 16.5. The maximum absolute atomic E-state index is 11.7. The molecule has 6 heteroatoms. The number of amides is 1. The first kappa shape index (κ1) is 14.9. The monoisotopic (exact) mass is 281 g/mol. The van der Waals surface area contributed by atoms with E-state index in [-0.39, 0.29) is 19.4 Å². The first-order chi connectivity index (χ1) is 9.44. The smallest absolute Gasteiger partial charge is 0.249 e. The van der Waals surface area contributed by atoms with E-state index in [0.29, 0.717) is 0 Å². The Balaban J connectivity index is 2.12. The second kappa shape index (κ2) is 5.88. The third-order valence-electron chi connectivity index (χ3n) is 3.67. The van der Waals surface area contributed by atoms with Crippen LogP contribution in [0, 0.1) is 0 Å². The number of carbonyl (C=O) groups is 1. The standard InChI is InChI=1S/C14H19NO5/c15-13(19)14(6-10(16)12(18)11(17)7-14)20-8-9-4-2-1-3-5-9/h1-5,10-12,16-18H,6-8H2,(H2,15,19)/t10-,11-,12?,14?/m1/s1. The third kappa shape index (κ3) is 2.99. The second-order valence-corrected chi connectivity index (χ2v) is 5.17. The first-order valence-electron chi connectivity index (χ1n) is 6.46. The van der Waals surface area contributed by atoms with E-state index in [0.717, 1.165) is 5.56 Å². The lowest BCUT2D eigenvalue weighted by Crippen LogP contribution is -2.59. The van der Waals surface area contributed by atoms with Crippen LogP contribution in [0.1, 0.15) is 18.4 Å². The normalized spacial score (nSPS) is 33.9. The molecule has 20 heavy (non-hydrogen) atoms. The van der Waals surface area contributed by atoms with Crippen LogP contribution in [0.5, 0.6) is 0 Å². The molecule has 5 N–H and O–H groups in total. The molecule has 1 aliphatic rings. The number of rotatable bonds is 4. The Morgan fingerprint density at radius 1 is 1.20 bits per heavy atom. The van der Waals surface area contributed by atoms with E-state index >= 15 is 0 Å². The lowest BCUT2D eigenvalue weighted by molar-refractivity contribution is -0.187. The fourth-order valence-corrected chi connectivity index (χ4v) is 2.44. The molecule has 0 aromatic heterocycles. The van der Waals surface area contributed by atoms with Crippen molar-refractivity contribution in [1.29, 1.82) is 0 Å². The Morgan fingerprint density at radius 3 is 2.25 bits per heavy atom. The molecule has 0 unspecified atom stereocenters. The van der Waals surface area contributed by atoms with E-state index < -0.39 is 29.8 Å². The van der Waals surface area contributed by atoms with Gasteiger partial charge in [0, 0.05) is 12.8 Å². The molecule has 1 aliphatic carbocycles. The summed E-state index contributed by atoms with van der Waals surface area (Å²) in [6.45, 7) is 0.138. The molecule has 0 spiro atoms. The molecule has 1 aromatic carbocycles. The van der Waals surface area contributed by atoms with E-state index in [4.69, 9.17) is 10.5 Å². The van der Waals surface area contributed by atoms with Gasteiger partial charge in [0.25, 0.3) is 0 Å². The zero-order valence-corrected chi connectivity index (χ0v) is 11.0. The van der Waals surface area contributed by atoms with Crippen LogP contribution in [0.2, 0.25) is 0 Å². The van der Waals surface area contributed by atoms with Gasteiger partial charge in [-0.25, -0.2) is 0 Å². The number of ether oxygens (including phenoxy) is 1. The van der Waals surface area contributed by atoms with Crippen LogP contribution < -0.4 is 5.73 Å². The SMILES string of the molecule is NC(=O)C1(OCc2ccccc2)C[C@@H](O)C(O)[C@H](O)C1. The largest absolute Gasteiger partial charge is 0.390 e. The Labute approximate surface area is 116 Å². The van der Waals surface area contributed by atoms with Crippen LogP contribution in [0.15, 0.2) is 30.3 Å². The van der Waals surface area contributed by atoms with Crippen molar-refractivity contribution >= 4 is 5.91 Å². The molecule has 0 bridgehead atoms. The van der Waals surface area contributed by atoms with Gasteiger partial charge in [0.05, 0.1) is 18.8 Å². The quantitative estimate of drug-likeness (QED) is 0.583. The summed E-state index contributed by atoms with van der Waals surface area (Å²) >= 11 is 0. The fraction of sp³-hybridized carbons (Fsp3) is 0.500. The Bertz CT molecular complexity index is 452. The van der Waals surface area contributed by atoms with E-state index in [1.54, 1.807) is 0 Å². The van der Waals surface area contributed by atoms with Gasteiger partial charge in [-0.2, -0.15) is 0 Å². The maximum Gasteiger partial charge on any atom is 0.249 e. The number of hydrogen-bond donors (Lipinski definition) is 4. The number of nitrogens with two attached hydrogens (primary N) is 1. The number of aliphatic hydroxyl groups is 3. The summed E-state index contributed by atoms with van der Waals surface area (Å²) in [4.78, 5) is 11.7. The Hall–Kier alpha value is -1.47. The molecule has 0 radical (unpaired) electrons. The third-order valence-corrected chi connectivity index (χ3v) is 3.67. The van der Waals surface area contributed by atoms with E-state index in [9.17, 15) is 20.1 Å². The van der Waals surface area contributed by atoms with E-state index in [1.807, 2.05) is 30.3 Å². The first-order valence-corrected chi connectivity index (χ1v) is 6.46. The molecule has 2 atom stereocenters. The van der Waals surface area contributed by atoms with Gasteiger partial charge in [-0.15, -0.1) is 0 Å². The highest BCUT2D eigenvalue weighted by molar-refractivity contribution is 5.83. The van der Waals surface area contributed by atoms with Gasteiger partial charge in [0.2, 0.25) is 5.91 Å². The summed E-state index contributed by atoms with van der Waals surface area (Å²) in [5.41, 5.74) is 4.75. The van der Waals surface area contributed by atoms with Gasteiger partial charge in [0.1, 0.15) is 6.10 Å². The Morgan fingerprint density at radius 2 is 1.75 bits per heavy atom. The van der Waals surface area contributed by atoms with Gasteiger partial charge in [-0.3, -0.25) is 4.79 Å². The zero-order valence-electron chi connectivity index (χ0n) is 11.0. The summed E-state index contributed by atoms with van der Waals surface area (Å²) in [6, 6.07) is 9.20. The lowest BCUT2D eigenvalue weighted by Gasteiger charge is -2.41. The van der Waals surface area contributed by atoms with Crippen LogP contribution in [0.4, 0.5) is 0 Å². The number of carbonyl (C=O) groups excluding carboxylic acids is 1. The molecule has 1 saturated carbocycles. The average molecular weight is 281 g/mol. The summed E-state index contributed by atoms with van der Waals surface area (Å²) in [6.07, 6.45) is -4.05. The van der Waals surface area contributed by atoms with Gasteiger partial charge in [-0.05, 0) is 5.56 Å². The highest BCUT2D eigenvalue weighted by Gasteiger charge is 2.49. The summed E-state index contributed by atoms with van der Waals surface area (Å²) in [5.74, 6) is -0.751. The van der Waals surface area contributed by atoms with Gasteiger partial charge in [-0.1, -0.05) is 30.3 Å². The Kier molecular flexibility index (Phi) is 4.39. The minimum Gasteiger partial charge on any atom is -0.390 e. The lowest BCUT2D eigenvalue weighted by atomic mass is 9.79. The number of benzene rings is 1. The average Bonchev–Trinajstić information content (AvgIpc) is 2.43. The van der Waals surface area contributed by atoms with Crippen LogP contribution in [-0.2, 0) is 16.1 Å².